The average Bonchev–Trinajstić information content (AvgIpc) is 2.75. The van der Waals surface area contributed by atoms with Crippen LogP contribution in [0.1, 0.15) is 22.8 Å². The van der Waals surface area contributed by atoms with E-state index in [1.54, 1.807) is 43.3 Å². The van der Waals surface area contributed by atoms with Gasteiger partial charge in [0.05, 0.1) is 17.0 Å². The summed E-state index contributed by atoms with van der Waals surface area (Å²) in [4.78, 5) is 39.0. The highest BCUT2D eigenvalue weighted by Gasteiger charge is 2.19. The molecule has 0 aromatic heterocycles. The summed E-state index contributed by atoms with van der Waals surface area (Å²) in [7, 11) is 0. The molecule has 2 N–H and O–H groups in total. The zero-order chi connectivity index (χ0) is 21.5. The predicted octanol–water partition coefficient (Wildman–Crippen LogP) is 3.21. The fraction of sp³-hybridized carbons (Fsp3) is 0.318. The number of hydrogen-bond donors (Lipinski definition) is 2. The molecule has 1 heterocycles. The maximum Gasteiger partial charge on any atom is 0.253 e. The quantitative estimate of drug-likeness (QED) is 0.715. The van der Waals surface area contributed by atoms with Gasteiger partial charge in [-0.1, -0.05) is 35.9 Å². The number of carbonyl (C=O) groups is 3. The lowest BCUT2D eigenvalue weighted by Crippen LogP contribution is -2.41. The number of anilines is 1. The maximum absolute atomic E-state index is 12.4. The minimum absolute atomic E-state index is 0.128. The van der Waals surface area contributed by atoms with Crippen molar-refractivity contribution in [3.8, 4) is 0 Å². The number of thioether (sulfide) groups is 1. The summed E-state index contributed by atoms with van der Waals surface area (Å²) >= 11 is 7.89. The third kappa shape index (κ3) is 6.00. The molecule has 6 nitrogen and oxygen atoms in total. The Hall–Kier alpha value is -2.51. The van der Waals surface area contributed by atoms with Crippen molar-refractivity contribution in [2.75, 3.05) is 29.9 Å². The van der Waals surface area contributed by atoms with Gasteiger partial charge < -0.3 is 15.5 Å². The highest BCUT2D eigenvalue weighted by atomic mass is 35.5. The molecule has 1 atom stereocenters. The largest absolute Gasteiger partial charge is 0.341 e. The van der Waals surface area contributed by atoms with Gasteiger partial charge in [-0.3, -0.25) is 14.4 Å². The van der Waals surface area contributed by atoms with E-state index in [0.29, 0.717) is 22.7 Å². The third-order valence-electron chi connectivity index (χ3n) is 4.80. The number of amides is 3. The highest BCUT2D eigenvalue weighted by Crippen LogP contribution is 2.16. The van der Waals surface area contributed by atoms with Crippen LogP contribution in [0.15, 0.2) is 48.5 Å². The van der Waals surface area contributed by atoms with E-state index in [1.807, 2.05) is 28.8 Å². The van der Waals surface area contributed by atoms with E-state index < -0.39 is 11.9 Å². The molecule has 0 aliphatic carbocycles. The Kier molecular flexibility index (Phi) is 7.76. The van der Waals surface area contributed by atoms with Gasteiger partial charge in [-0.15, -0.1) is 0 Å². The first-order valence-corrected chi connectivity index (χ1v) is 11.3. The second-order valence-corrected chi connectivity index (χ2v) is 8.66. The molecule has 3 amide bonds. The molecule has 2 aromatic carbocycles. The second kappa shape index (κ2) is 10.5. The number of benzene rings is 2. The van der Waals surface area contributed by atoms with E-state index >= 15 is 0 Å². The fourth-order valence-corrected chi connectivity index (χ4v) is 4.17. The Bertz CT molecular complexity index is 914. The number of carbonyl (C=O) groups excluding carboxylic acids is 3. The van der Waals surface area contributed by atoms with Crippen molar-refractivity contribution >= 4 is 46.8 Å². The highest BCUT2D eigenvalue weighted by molar-refractivity contribution is 7.99. The maximum atomic E-state index is 12.4. The Balaban J connectivity index is 1.51. The summed E-state index contributed by atoms with van der Waals surface area (Å²) in [5, 5.41) is 5.75. The topological polar surface area (TPSA) is 78.5 Å². The van der Waals surface area contributed by atoms with Crippen LogP contribution < -0.4 is 10.6 Å². The Morgan fingerprint density at radius 3 is 2.40 bits per heavy atom. The van der Waals surface area contributed by atoms with Crippen LogP contribution in [0.4, 0.5) is 5.69 Å². The summed E-state index contributed by atoms with van der Waals surface area (Å²) in [5.74, 6) is 1.35. The molecule has 1 fully saturated rings. The monoisotopic (exact) mass is 445 g/mol. The van der Waals surface area contributed by atoms with Crippen molar-refractivity contribution < 1.29 is 14.4 Å². The standard InChI is InChI=1S/C22H24ClN3O3S/c1-15(24-22(29)18-4-2-3-5-19(18)23)21(28)25-17-8-6-16(7-9-17)14-20(27)26-10-12-30-13-11-26/h2-9,15H,10-14H2,1H3,(H,24,29)(H,25,28). The van der Waals surface area contributed by atoms with Gasteiger partial charge in [0.2, 0.25) is 11.8 Å². The average molecular weight is 446 g/mol. The van der Waals surface area contributed by atoms with Gasteiger partial charge in [0.1, 0.15) is 6.04 Å². The number of halogens is 1. The zero-order valence-electron chi connectivity index (χ0n) is 16.7. The number of nitrogens with one attached hydrogen (secondary N) is 2. The van der Waals surface area contributed by atoms with E-state index in [2.05, 4.69) is 10.6 Å². The third-order valence-corrected chi connectivity index (χ3v) is 6.07. The molecule has 1 unspecified atom stereocenters. The summed E-state index contributed by atoms with van der Waals surface area (Å²) in [6.07, 6.45) is 0.350. The van der Waals surface area contributed by atoms with Gasteiger partial charge in [0.15, 0.2) is 0 Å². The van der Waals surface area contributed by atoms with Gasteiger partial charge >= 0.3 is 0 Å². The minimum atomic E-state index is -0.744. The molecule has 1 aliphatic heterocycles. The van der Waals surface area contributed by atoms with Crippen LogP contribution in [0.5, 0.6) is 0 Å². The number of rotatable bonds is 6. The van der Waals surface area contributed by atoms with Gasteiger partial charge in [-0.05, 0) is 36.8 Å². The summed E-state index contributed by atoms with van der Waals surface area (Å²) in [5.41, 5.74) is 1.82. The molecule has 8 heteroatoms. The molecule has 0 bridgehead atoms. The van der Waals surface area contributed by atoms with E-state index in [1.165, 1.54) is 0 Å². The zero-order valence-corrected chi connectivity index (χ0v) is 18.3. The molecule has 2 aromatic rings. The first kappa shape index (κ1) is 22.2. The van der Waals surface area contributed by atoms with Gasteiger partial charge in [-0.2, -0.15) is 11.8 Å². The fourth-order valence-electron chi connectivity index (χ4n) is 3.04. The predicted molar refractivity (Wildman–Crippen MR) is 121 cm³/mol. The van der Waals surface area contributed by atoms with E-state index in [9.17, 15) is 14.4 Å². The molecule has 1 aliphatic rings. The summed E-state index contributed by atoms with van der Waals surface area (Å²) in [6, 6.07) is 13.1. The molecule has 0 saturated carbocycles. The van der Waals surface area contributed by atoms with Crippen molar-refractivity contribution in [2.45, 2.75) is 19.4 Å². The first-order chi connectivity index (χ1) is 14.4. The SMILES string of the molecule is CC(NC(=O)c1ccccc1Cl)C(=O)Nc1ccc(CC(=O)N2CCSCC2)cc1. The minimum Gasteiger partial charge on any atom is -0.341 e. The number of nitrogens with zero attached hydrogens (tertiary/aromatic N) is 1. The first-order valence-electron chi connectivity index (χ1n) is 9.75. The summed E-state index contributed by atoms with van der Waals surface area (Å²) < 4.78 is 0. The Morgan fingerprint density at radius 2 is 1.73 bits per heavy atom. The van der Waals surface area contributed by atoms with Crippen LogP contribution in [0.25, 0.3) is 0 Å². The van der Waals surface area contributed by atoms with E-state index in [-0.39, 0.29) is 11.8 Å². The lowest BCUT2D eigenvalue weighted by molar-refractivity contribution is -0.130. The van der Waals surface area contributed by atoms with Crippen molar-refractivity contribution in [1.29, 1.82) is 0 Å². The lowest BCUT2D eigenvalue weighted by Gasteiger charge is -2.26. The normalized spacial score (nSPS) is 14.7. The smallest absolute Gasteiger partial charge is 0.253 e. The van der Waals surface area contributed by atoms with E-state index in [0.717, 1.165) is 30.2 Å². The van der Waals surface area contributed by atoms with Crippen molar-refractivity contribution in [3.05, 3.63) is 64.7 Å². The van der Waals surface area contributed by atoms with Gasteiger partial charge in [-0.25, -0.2) is 0 Å². The Morgan fingerprint density at radius 1 is 1.07 bits per heavy atom. The Labute approximate surface area is 185 Å². The van der Waals surface area contributed by atoms with Crippen LogP contribution in [-0.4, -0.2) is 53.3 Å². The molecule has 0 spiro atoms. The van der Waals surface area contributed by atoms with Crippen LogP contribution in [0.3, 0.4) is 0 Å². The molecular formula is C22H24ClN3O3S. The van der Waals surface area contributed by atoms with Crippen LogP contribution in [0.2, 0.25) is 5.02 Å². The number of hydrogen-bond acceptors (Lipinski definition) is 4. The molecule has 30 heavy (non-hydrogen) atoms. The van der Waals surface area contributed by atoms with Crippen molar-refractivity contribution in [3.63, 3.8) is 0 Å². The van der Waals surface area contributed by atoms with Crippen LogP contribution >= 0.6 is 23.4 Å². The van der Waals surface area contributed by atoms with Crippen molar-refractivity contribution in [1.82, 2.24) is 10.2 Å². The van der Waals surface area contributed by atoms with Crippen molar-refractivity contribution in [2.24, 2.45) is 0 Å². The molecule has 158 valence electrons. The van der Waals surface area contributed by atoms with Crippen LogP contribution in [-0.2, 0) is 16.0 Å². The van der Waals surface area contributed by atoms with Gasteiger partial charge in [0, 0.05) is 30.3 Å². The van der Waals surface area contributed by atoms with Gasteiger partial charge in [0.25, 0.3) is 5.91 Å². The second-order valence-electron chi connectivity index (χ2n) is 7.03. The lowest BCUT2D eigenvalue weighted by atomic mass is 10.1. The van der Waals surface area contributed by atoms with E-state index in [4.69, 9.17) is 11.6 Å². The molecule has 1 saturated heterocycles. The molecular weight excluding hydrogens is 422 g/mol. The molecule has 0 radical (unpaired) electrons. The van der Waals surface area contributed by atoms with Crippen LogP contribution in [0, 0.1) is 0 Å². The summed E-state index contributed by atoms with van der Waals surface area (Å²) in [6.45, 7) is 3.21. The molecule has 3 rings (SSSR count).